The zero-order valence-electron chi connectivity index (χ0n) is 28.0. The molecule has 1 aromatic rings. The fourth-order valence-electron chi connectivity index (χ4n) is 8.80. The van der Waals surface area contributed by atoms with Crippen LogP contribution in [-0.4, -0.2) is 33.7 Å². The van der Waals surface area contributed by atoms with Crippen molar-refractivity contribution in [1.82, 2.24) is 0 Å². The molecule has 0 amide bonds. The summed E-state index contributed by atoms with van der Waals surface area (Å²) in [7, 11) is 0. The van der Waals surface area contributed by atoms with E-state index in [2.05, 4.69) is 40.7 Å². The molecule has 2 bridgehead atoms. The summed E-state index contributed by atoms with van der Waals surface area (Å²) in [5.41, 5.74) is -1.39. The highest BCUT2D eigenvalue weighted by Gasteiger charge is 2.75. The van der Waals surface area contributed by atoms with Gasteiger partial charge in [0, 0.05) is 11.0 Å². The molecule has 1 spiro atoms. The molecular weight excluding hydrogens is 552 g/mol. The fourth-order valence-corrected chi connectivity index (χ4v) is 8.80. The third kappa shape index (κ3) is 4.70. The van der Waals surface area contributed by atoms with Gasteiger partial charge in [-0.1, -0.05) is 57.9 Å². The predicted molar refractivity (Wildman–Crippen MR) is 171 cm³/mol. The van der Waals surface area contributed by atoms with Crippen LogP contribution in [0.4, 0.5) is 0 Å². The van der Waals surface area contributed by atoms with Crippen molar-refractivity contribution >= 4 is 17.3 Å². The average molecular weight is 603 g/mol. The van der Waals surface area contributed by atoms with Crippen molar-refractivity contribution in [2.75, 3.05) is 0 Å². The summed E-state index contributed by atoms with van der Waals surface area (Å²) in [5, 5.41) is 20.3. The first kappa shape index (κ1) is 32.2. The second-order valence-corrected chi connectivity index (χ2v) is 16.3. The van der Waals surface area contributed by atoms with E-state index in [1.807, 2.05) is 33.8 Å². The number of ketones is 3. The number of benzene rings is 1. The van der Waals surface area contributed by atoms with E-state index in [1.165, 1.54) is 23.8 Å². The minimum Gasteiger partial charge on any atom is -0.504 e. The normalized spacial score (nSPS) is 33.5. The van der Waals surface area contributed by atoms with Crippen LogP contribution in [0.5, 0.6) is 11.5 Å². The van der Waals surface area contributed by atoms with Gasteiger partial charge in [-0.25, -0.2) is 0 Å². The fraction of sp³-hybridized carbons (Fsp3) is 0.605. The molecule has 1 aliphatic heterocycles. The van der Waals surface area contributed by atoms with Gasteiger partial charge in [-0.3, -0.25) is 14.4 Å². The van der Waals surface area contributed by atoms with E-state index in [-0.39, 0.29) is 57.7 Å². The molecule has 2 saturated carbocycles. The molecule has 1 saturated heterocycles. The second-order valence-electron chi connectivity index (χ2n) is 16.3. The molecule has 238 valence electrons. The number of carbonyl (C=O) groups is 3. The molecule has 0 radical (unpaired) electrons. The first-order valence-electron chi connectivity index (χ1n) is 16.2. The zero-order chi connectivity index (χ0) is 32.6. The first-order chi connectivity index (χ1) is 20.3. The van der Waals surface area contributed by atoms with Crippen molar-refractivity contribution in [2.45, 2.75) is 113 Å². The number of rotatable bonds is 6. The van der Waals surface area contributed by atoms with Crippen LogP contribution in [0.3, 0.4) is 0 Å². The van der Waals surface area contributed by atoms with Crippen molar-refractivity contribution in [2.24, 2.45) is 33.0 Å². The summed E-state index contributed by atoms with van der Waals surface area (Å²) < 4.78 is 6.95. The molecule has 6 heteroatoms. The number of allylic oxidation sites excluding steroid dienone is 6. The van der Waals surface area contributed by atoms with Crippen LogP contribution in [0, 0.1) is 33.0 Å². The smallest absolute Gasteiger partial charge is 0.200 e. The van der Waals surface area contributed by atoms with Gasteiger partial charge in [0.1, 0.15) is 22.9 Å². The lowest BCUT2D eigenvalue weighted by molar-refractivity contribution is -0.196. The van der Waals surface area contributed by atoms with Gasteiger partial charge < -0.3 is 14.9 Å². The lowest BCUT2D eigenvalue weighted by Gasteiger charge is -2.65. The Kier molecular flexibility index (Phi) is 7.66. The molecular formula is C38H50O6. The van der Waals surface area contributed by atoms with Crippen LogP contribution < -0.4 is 0 Å². The number of phenolic OH excluding ortho intramolecular Hbond substituents is 2. The molecule has 1 aromatic carbocycles. The van der Waals surface area contributed by atoms with Crippen LogP contribution in [0.1, 0.15) is 118 Å². The summed E-state index contributed by atoms with van der Waals surface area (Å²) >= 11 is 0. The number of hydrogen-bond acceptors (Lipinski definition) is 6. The van der Waals surface area contributed by atoms with Crippen molar-refractivity contribution in [3.8, 4) is 11.5 Å². The number of phenols is 2. The van der Waals surface area contributed by atoms with Gasteiger partial charge >= 0.3 is 0 Å². The number of Topliss-reactive ketones (excluding diaryl/α,β-unsaturated/α-hetero) is 3. The summed E-state index contributed by atoms with van der Waals surface area (Å²) in [4.78, 5) is 45.2. The maximum absolute atomic E-state index is 15.4. The van der Waals surface area contributed by atoms with Gasteiger partial charge in [0.05, 0.1) is 5.41 Å². The lowest BCUT2D eigenvalue weighted by Crippen LogP contribution is -2.70. The molecule has 5 unspecified atom stereocenters. The molecule has 6 nitrogen and oxygen atoms in total. The van der Waals surface area contributed by atoms with E-state index in [0.29, 0.717) is 12.8 Å². The third-order valence-electron chi connectivity index (χ3n) is 11.8. The molecule has 44 heavy (non-hydrogen) atoms. The average Bonchev–Trinajstić information content (AvgIpc) is 2.91. The van der Waals surface area contributed by atoms with Crippen LogP contribution >= 0.6 is 0 Å². The number of aromatic hydroxyl groups is 2. The maximum atomic E-state index is 15.4. The summed E-state index contributed by atoms with van der Waals surface area (Å²) in [6.45, 7) is 18.8. The predicted octanol–water partition coefficient (Wildman–Crippen LogP) is 8.42. The van der Waals surface area contributed by atoms with E-state index in [0.717, 1.165) is 31.3 Å². The third-order valence-corrected chi connectivity index (χ3v) is 11.8. The molecule has 1 heterocycles. The molecule has 5 atom stereocenters. The standard InChI is InChI=1S/C38H50O6/c1-22(2)10-12-25-19-37-21-36(9)17-16-34(5,6)20-28(36)44-32(37)29(30(41)24-11-13-26(39)27(40)18-24)31(42)38(33(37)43,35(25,7)8)15-14-23(3)4/h10-11,13-14,18,25,28,39-40H,12,15-17,19-21H2,1-9H3. The van der Waals surface area contributed by atoms with Crippen molar-refractivity contribution < 1.29 is 29.3 Å². The van der Waals surface area contributed by atoms with Gasteiger partial charge in [-0.2, -0.15) is 0 Å². The van der Waals surface area contributed by atoms with Gasteiger partial charge in [0.2, 0.25) is 0 Å². The van der Waals surface area contributed by atoms with Crippen LogP contribution in [-0.2, 0) is 14.3 Å². The van der Waals surface area contributed by atoms with Gasteiger partial charge in [-0.05, 0) is 108 Å². The van der Waals surface area contributed by atoms with Crippen molar-refractivity contribution in [1.29, 1.82) is 0 Å². The number of fused-ring (bicyclic) bond motifs is 2. The quantitative estimate of drug-likeness (QED) is 0.111. The zero-order valence-corrected chi connectivity index (χ0v) is 28.0. The Labute approximate surface area is 262 Å². The van der Waals surface area contributed by atoms with E-state index >= 15 is 9.59 Å². The Bertz CT molecular complexity index is 1510. The number of carbonyl (C=O) groups excluding carboxylic acids is 3. The number of ether oxygens (including phenoxy) is 1. The first-order valence-corrected chi connectivity index (χ1v) is 16.2. The Balaban J connectivity index is 1.83. The van der Waals surface area contributed by atoms with Crippen LogP contribution in [0.25, 0.3) is 0 Å². The number of hydrogen-bond donors (Lipinski definition) is 2. The Morgan fingerprint density at radius 2 is 1.59 bits per heavy atom. The topological polar surface area (TPSA) is 101 Å². The highest BCUT2D eigenvalue weighted by molar-refractivity contribution is 6.35. The second kappa shape index (κ2) is 10.5. The molecule has 2 N–H and O–H groups in total. The van der Waals surface area contributed by atoms with Gasteiger partial charge in [0.15, 0.2) is 28.8 Å². The monoisotopic (exact) mass is 602 g/mol. The van der Waals surface area contributed by atoms with Gasteiger partial charge in [0.25, 0.3) is 0 Å². The Morgan fingerprint density at radius 3 is 2.20 bits per heavy atom. The lowest BCUT2D eigenvalue weighted by atomic mass is 9.38. The highest BCUT2D eigenvalue weighted by Crippen LogP contribution is 2.71. The molecule has 3 aliphatic carbocycles. The SMILES string of the molecule is CC(C)=CCC1CC23CC4(C)CCC(C)(C)CC4OC2=C(C(=O)c2ccc(O)c(O)c2)C(=O)C(CC=C(C)C)(C3=O)C1(C)C. The minimum absolute atomic E-state index is 0.00207. The van der Waals surface area contributed by atoms with Gasteiger partial charge in [-0.15, -0.1) is 0 Å². The van der Waals surface area contributed by atoms with E-state index in [4.69, 9.17) is 4.74 Å². The Morgan fingerprint density at radius 1 is 0.932 bits per heavy atom. The Hall–Kier alpha value is -3.15. The maximum Gasteiger partial charge on any atom is 0.200 e. The van der Waals surface area contributed by atoms with E-state index < -0.39 is 33.6 Å². The van der Waals surface area contributed by atoms with Crippen molar-refractivity contribution in [3.63, 3.8) is 0 Å². The van der Waals surface area contributed by atoms with E-state index in [9.17, 15) is 15.0 Å². The largest absolute Gasteiger partial charge is 0.504 e. The molecule has 3 fully saturated rings. The van der Waals surface area contributed by atoms with E-state index in [1.54, 1.807) is 0 Å². The molecule has 5 rings (SSSR count). The highest BCUT2D eigenvalue weighted by atomic mass is 16.5. The van der Waals surface area contributed by atoms with Crippen molar-refractivity contribution in [3.05, 3.63) is 58.4 Å². The summed E-state index contributed by atoms with van der Waals surface area (Å²) in [6, 6.07) is 3.86. The molecule has 0 aromatic heterocycles. The molecule has 4 aliphatic rings. The summed E-state index contributed by atoms with van der Waals surface area (Å²) in [5.74, 6) is -1.70. The summed E-state index contributed by atoms with van der Waals surface area (Å²) in [6.07, 6.45) is 8.62. The minimum atomic E-state index is -1.46. The van der Waals surface area contributed by atoms with Crippen LogP contribution in [0.15, 0.2) is 52.8 Å². The van der Waals surface area contributed by atoms with Crippen LogP contribution in [0.2, 0.25) is 0 Å².